The van der Waals surface area contributed by atoms with Crippen LogP contribution in [0.1, 0.15) is 31.9 Å². The van der Waals surface area contributed by atoms with Crippen molar-refractivity contribution in [1.82, 2.24) is 9.62 Å². The molecule has 1 heterocycles. The number of aryl methyl sites for hydroxylation is 2. The third-order valence-electron chi connectivity index (χ3n) is 4.95. The third kappa shape index (κ3) is 6.01. The van der Waals surface area contributed by atoms with Gasteiger partial charge in [-0.1, -0.05) is 19.9 Å². The summed E-state index contributed by atoms with van der Waals surface area (Å²) in [5.41, 5.74) is 1.81. The van der Waals surface area contributed by atoms with Gasteiger partial charge in [-0.3, -0.25) is 9.59 Å². The first-order valence-electron chi connectivity index (χ1n) is 9.69. The molecule has 1 aromatic carbocycles. The standard InChI is InChI=1S/C20H30N2O6S/c1-13(2)18(21-29(25,26)17-7-6-14(3)15(4)12-17)20(24)28-16(5)19(23)22-8-10-27-11-9-22/h6-7,12-13,16,18,21H,8-11H2,1-5H3/t16-,18-/m1/s1. The van der Waals surface area contributed by atoms with Crippen molar-refractivity contribution in [2.75, 3.05) is 26.3 Å². The minimum absolute atomic E-state index is 0.0801. The zero-order valence-electron chi connectivity index (χ0n) is 17.6. The monoisotopic (exact) mass is 426 g/mol. The van der Waals surface area contributed by atoms with E-state index in [0.717, 1.165) is 11.1 Å². The van der Waals surface area contributed by atoms with Crippen LogP contribution < -0.4 is 4.72 Å². The predicted molar refractivity (Wildman–Crippen MR) is 108 cm³/mol. The summed E-state index contributed by atoms with van der Waals surface area (Å²) in [6.45, 7) is 10.4. The SMILES string of the molecule is Cc1ccc(S(=O)(=O)N[C@@H](C(=O)O[C@H](C)C(=O)N2CCOCC2)C(C)C)cc1C. The molecule has 8 nitrogen and oxygen atoms in total. The molecule has 1 aliphatic heterocycles. The number of nitrogens with one attached hydrogen (secondary N) is 1. The first-order chi connectivity index (χ1) is 13.5. The maximum atomic E-state index is 12.8. The Morgan fingerprint density at radius 2 is 1.72 bits per heavy atom. The summed E-state index contributed by atoms with van der Waals surface area (Å²) in [7, 11) is -3.93. The molecule has 162 valence electrons. The summed E-state index contributed by atoms with van der Waals surface area (Å²) in [6.07, 6.45) is -1.01. The quantitative estimate of drug-likeness (QED) is 0.661. The second-order valence-electron chi connectivity index (χ2n) is 7.61. The number of rotatable bonds is 7. The van der Waals surface area contributed by atoms with Crippen LogP contribution in [0.2, 0.25) is 0 Å². The van der Waals surface area contributed by atoms with Gasteiger partial charge in [-0.2, -0.15) is 4.72 Å². The van der Waals surface area contributed by atoms with Crippen molar-refractivity contribution in [3.05, 3.63) is 29.3 Å². The number of carbonyl (C=O) groups is 2. The number of esters is 1. The van der Waals surface area contributed by atoms with E-state index in [4.69, 9.17) is 9.47 Å². The van der Waals surface area contributed by atoms with Gasteiger partial charge in [0, 0.05) is 13.1 Å². The minimum Gasteiger partial charge on any atom is -0.451 e. The molecular formula is C20H30N2O6S. The fraction of sp³-hybridized carbons (Fsp3) is 0.600. The highest BCUT2D eigenvalue weighted by molar-refractivity contribution is 7.89. The Hall–Kier alpha value is -1.97. The topological polar surface area (TPSA) is 102 Å². The van der Waals surface area contributed by atoms with Crippen molar-refractivity contribution in [1.29, 1.82) is 0 Å². The van der Waals surface area contributed by atoms with E-state index in [2.05, 4.69) is 4.72 Å². The first kappa shape index (κ1) is 23.3. The van der Waals surface area contributed by atoms with Crippen molar-refractivity contribution < 1.29 is 27.5 Å². The molecule has 0 bridgehead atoms. The second-order valence-corrected chi connectivity index (χ2v) is 9.32. The van der Waals surface area contributed by atoms with Crippen LogP contribution in [0.15, 0.2) is 23.1 Å². The highest BCUT2D eigenvalue weighted by Gasteiger charge is 2.33. The molecule has 1 saturated heterocycles. The number of hydrogen-bond donors (Lipinski definition) is 1. The summed E-state index contributed by atoms with van der Waals surface area (Å²) in [4.78, 5) is 26.8. The highest BCUT2D eigenvalue weighted by atomic mass is 32.2. The van der Waals surface area contributed by atoms with Crippen molar-refractivity contribution >= 4 is 21.9 Å². The maximum Gasteiger partial charge on any atom is 0.325 e. The summed E-state index contributed by atoms with van der Waals surface area (Å²) < 4.78 is 38.5. The lowest BCUT2D eigenvalue weighted by Gasteiger charge is -2.30. The van der Waals surface area contributed by atoms with E-state index in [9.17, 15) is 18.0 Å². The van der Waals surface area contributed by atoms with Crippen LogP contribution in [0.5, 0.6) is 0 Å². The Labute approximate surface area is 172 Å². The van der Waals surface area contributed by atoms with Crippen LogP contribution in [-0.4, -0.2) is 63.6 Å². The number of morpholine rings is 1. The van der Waals surface area contributed by atoms with Crippen LogP contribution in [0, 0.1) is 19.8 Å². The number of sulfonamides is 1. The zero-order valence-corrected chi connectivity index (χ0v) is 18.4. The van der Waals surface area contributed by atoms with Gasteiger partial charge in [-0.15, -0.1) is 0 Å². The van der Waals surface area contributed by atoms with Crippen molar-refractivity contribution in [2.24, 2.45) is 5.92 Å². The van der Waals surface area contributed by atoms with Crippen LogP contribution in [-0.2, 0) is 29.1 Å². The van der Waals surface area contributed by atoms with Crippen molar-refractivity contribution in [3.8, 4) is 0 Å². The summed E-state index contributed by atoms with van der Waals surface area (Å²) >= 11 is 0. The molecule has 0 aromatic heterocycles. The molecule has 0 unspecified atom stereocenters. The number of carbonyl (C=O) groups excluding carboxylic acids is 2. The van der Waals surface area contributed by atoms with Gasteiger partial charge in [-0.25, -0.2) is 8.42 Å². The van der Waals surface area contributed by atoms with Crippen molar-refractivity contribution in [2.45, 2.75) is 51.7 Å². The minimum atomic E-state index is -3.93. The van der Waals surface area contributed by atoms with E-state index >= 15 is 0 Å². The lowest BCUT2D eigenvalue weighted by Crippen LogP contribution is -2.49. The van der Waals surface area contributed by atoms with E-state index in [1.54, 1.807) is 30.9 Å². The number of benzene rings is 1. The molecule has 9 heteroatoms. The van der Waals surface area contributed by atoms with Gasteiger partial charge in [0.25, 0.3) is 5.91 Å². The Bertz CT molecular complexity index is 847. The average Bonchev–Trinajstić information content (AvgIpc) is 2.67. The maximum absolute atomic E-state index is 12.8. The van der Waals surface area contributed by atoms with Crippen LogP contribution in [0.3, 0.4) is 0 Å². The molecule has 1 fully saturated rings. The fourth-order valence-corrected chi connectivity index (χ4v) is 4.33. The lowest BCUT2D eigenvalue weighted by molar-refractivity contribution is -0.162. The Balaban J connectivity index is 2.10. The number of hydrogen-bond acceptors (Lipinski definition) is 6. The summed E-state index contributed by atoms with van der Waals surface area (Å²) in [5.74, 6) is -1.46. The predicted octanol–water partition coefficient (Wildman–Crippen LogP) is 1.40. The lowest BCUT2D eigenvalue weighted by atomic mass is 10.1. The average molecular weight is 427 g/mol. The molecule has 1 amide bonds. The number of amides is 1. The van der Waals surface area contributed by atoms with Gasteiger partial charge >= 0.3 is 5.97 Å². The van der Waals surface area contributed by atoms with E-state index in [1.165, 1.54) is 13.0 Å². The van der Waals surface area contributed by atoms with Gasteiger partial charge in [-0.05, 0) is 49.9 Å². The Morgan fingerprint density at radius 3 is 2.28 bits per heavy atom. The fourth-order valence-electron chi connectivity index (χ4n) is 2.91. The van der Waals surface area contributed by atoms with Gasteiger partial charge in [0.2, 0.25) is 10.0 Å². The second kappa shape index (κ2) is 9.69. The van der Waals surface area contributed by atoms with Gasteiger partial charge in [0.05, 0.1) is 18.1 Å². The van der Waals surface area contributed by atoms with E-state index < -0.39 is 28.1 Å². The van der Waals surface area contributed by atoms with E-state index in [0.29, 0.717) is 26.3 Å². The molecule has 2 rings (SSSR count). The normalized spacial score (nSPS) is 17.1. The van der Waals surface area contributed by atoms with Crippen molar-refractivity contribution in [3.63, 3.8) is 0 Å². The molecule has 29 heavy (non-hydrogen) atoms. The smallest absolute Gasteiger partial charge is 0.325 e. The summed E-state index contributed by atoms with van der Waals surface area (Å²) in [5, 5.41) is 0. The van der Waals surface area contributed by atoms with Crippen LogP contribution in [0.25, 0.3) is 0 Å². The first-order valence-corrected chi connectivity index (χ1v) is 11.2. The number of nitrogens with zero attached hydrogens (tertiary/aromatic N) is 1. The van der Waals surface area contributed by atoms with Crippen LogP contribution in [0.4, 0.5) is 0 Å². The molecule has 1 N–H and O–H groups in total. The molecule has 0 radical (unpaired) electrons. The largest absolute Gasteiger partial charge is 0.451 e. The van der Waals surface area contributed by atoms with Gasteiger partial charge < -0.3 is 14.4 Å². The molecule has 0 spiro atoms. The van der Waals surface area contributed by atoms with E-state index in [1.807, 2.05) is 13.8 Å². The van der Waals surface area contributed by atoms with E-state index in [-0.39, 0.29) is 16.7 Å². The molecule has 2 atom stereocenters. The Morgan fingerprint density at radius 1 is 1.10 bits per heavy atom. The van der Waals surface area contributed by atoms with Gasteiger partial charge in [0.15, 0.2) is 6.10 Å². The molecule has 0 saturated carbocycles. The highest BCUT2D eigenvalue weighted by Crippen LogP contribution is 2.17. The molecular weight excluding hydrogens is 396 g/mol. The van der Waals surface area contributed by atoms with Gasteiger partial charge in [0.1, 0.15) is 6.04 Å². The molecule has 1 aliphatic rings. The number of ether oxygens (including phenoxy) is 2. The Kier molecular flexibility index (Phi) is 7.79. The molecule has 1 aromatic rings. The summed E-state index contributed by atoms with van der Waals surface area (Å²) in [6, 6.07) is 3.67. The third-order valence-corrected chi connectivity index (χ3v) is 6.39. The zero-order chi connectivity index (χ0) is 21.8. The molecule has 0 aliphatic carbocycles. The van der Waals surface area contributed by atoms with Crippen LogP contribution >= 0.6 is 0 Å².